The fourth-order valence-electron chi connectivity index (χ4n) is 2.47. The van der Waals surface area contributed by atoms with Gasteiger partial charge in [-0.3, -0.25) is 0 Å². The molecule has 1 aliphatic rings. The molecule has 0 atom stereocenters. The molecule has 5 heteroatoms. The van der Waals surface area contributed by atoms with Gasteiger partial charge in [-0.05, 0) is 31.6 Å². The van der Waals surface area contributed by atoms with Gasteiger partial charge in [0, 0.05) is 19.2 Å². The number of hydrogen-bond donors (Lipinski definition) is 2. The first-order valence-corrected chi connectivity index (χ1v) is 6.19. The lowest BCUT2D eigenvalue weighted by molar-refractivity contribution is 0.340. The van der Waals surface area contributed by atoms with Gasteiger partial charge in [0.05, 0.1) is 0 Å². The van der Waals surface area contributed by atoms with Gasteiger partial charge in [0.2, 0.25) is 5.95 Å². The summed E-state index contributed by atoms with van der Waals surface area (Å²) in [5.41, 5.74) is 11.3. The zero-order valence-corrected chi connectivity index (χ0v) is 10.6. The van der Waals surface area contributed by atoms with Crippen molar-refractivity contribution in [2.45, 2.75) is 38.6 Å². The second-order valence-electron chi connectivity index (χ2n) is 5.03. The molecule has 4 N–H and O–H groups in total. The number of nitrogens with zero attached hydrogens (tertiary/aromatic N) is 3. The van der Waals surface area contributed by atoms with E-state index in [-0.39, 0.29) is 5.95 Å². The van der Waals surface area contributed by atoms with Gasteiger partial charge < -0.3 is 16.4 Å². The molecule has 5 nitrogen and oxygen atoms in total. The molecule has 0 saturated heterocycles. The highest BCUT2D eigenvalue weighted by molar-refractivity contribution is 5.50. The van der Waals surface area contributed by atoms with E-state index in [9.17, 15) is 0 Å². The van der Waals surface area contributed by atoms with Crippen molar-refractivity contribution in [2.24, 2.45) is 5.92 Å². The third-order valence-electron chi connectivity index (χ3n) is 3.64. The summed E-state index contributed by atoms with van der Waals surface area (Å²) in [4.78, 5) is 10.3. The van der Waals surface area contributed by atoms with Crippen molar-refractivity contribution in [3.05, 3.63) is 6.07 Å². The van der Waals surface area contributed by atoms with Crippen molar-refractivity contribution < 1.29 is 0 Å². The standard InChI is InChI=1S/C12H21N5/c1-8-3-5-9(6-4-8)17(2)11-7-10(13)15-12(14)16-11/h7-9H,3-6H2,1-2H3,(H4,13,14,15,16). The van der Waals surface area contributed by atoms with Crippen LogP contribution < -0.4 is 16.4 Å². The Hall–Kier alpha value is -1.52. The van der Waals surface area contributed by atoms with Crippen LogP contribution in [0, 0.1) is 5.92 Å². The second-order valence-corrected chi connectivity index (χ2v) is 5.03. The van der Waals surface area contributed by atoms with Crippen LogP contribution in [0.15, 0.2) is 6.07 Å². The number of hydrogen-bond acceptors (Lipinski definition) is 5. The maximum atomic E-state index is 5.69. The Morgan fingerprint density at radius 1 is 1.18 bits per heavy atom. The molecule has 1 aromatic rings. The average molecular weight is 235 g/mol. The Morgan fingerprint density at radius 3 is 2.41 bits per heavy atom. The molecule has 0 unspecified atom stereocenters. The summed E-state index contributed by atoms with van der Waals surface area (Å²) in [6.45, 7) is 2.32. The first-order valence-electron chi connectivity index (χ1n) is 6.19. The maximum absolute atomic E-state index is 5.69. The van der Waals surface area contributed by atoms with Crippen LogP contribution in [0.3, 0.4) is 0 Å². The number of rotatable bonds is 2. The molecule has 17 heavy (non-hydrogen) atoms. The first kappa shape index (κ1) is 12.0. The predicted octanol–water partition coefficient (Wildman–Crippen LogP) is 1.66. The van der Waals surface area contributed by atoms with Gasteiger partial charge in [0.1, 0.15) is 11.6 Å². The van der Waals surface area contributed by atoms with E-state index in [1.807, 2.05) is 0 Å². The average Bonchev–Trinajstić information content (AvgIpc) is 2.28. The van der Waals surface area contributed by atoms with Crippen LogP contribution in [0.4, 0.5) is 17.6 Å². The number of aromatic nitrogens is 2. The largest absolute Gasteiger partial charge is 0.383 e. The monoisotopic (exact) mass is 235 g/mol. The Balaban J connectivity index is 2.10. The lowest BCUT2D eigenvalue weighted by Gasteiger charge is -2.34. The maximum Gasteiger partial charge on any atom is 0.223 e. The summed E-state index contributed by atoms with van der Waals surface area (Å²) in [6.07, 6.45) is 4.99. The van der Waals surface area contributed by atoms with Gasteiger partial charge in [-0.1, -0.05) is 6.92 Å². The zero-order chi connectivity index (χ0) is 12.4. The quantitative estimate of drug-likeness (QED) is 0.814. The smallest absolute Gasteiger partial charge is 0.223 e. The third-order valence-corrected chi connectivity index (χ3v) is 3.64. The summed E-state index contributed by atoms with van der Waals surface area (Å²) in [5, 5.41) is 0. The molecule has 1 heterocycles. The van der Waals surface area contributed by atoms with Gasteiger partial charge in [-0.25, -0.2) is 0 Å². The highest BCUT2D eigenvalue weighted by atomic mass is 15.2. The van der Waals surface area contributed by atoms with Gasteiger partial charge in [-0.15, -0.1) is 0 Å². The molecule has 0 radical (unpaired) electrons. The van der Waals surface area contributed by atoms with Crippen molar-refractivity contribution in [3.63, 3.8) is 0 Å². The van der Waals surface area contributed by atoms with Crippen LogP contribution >= 0.6 is 0 Å². The SMILES string of the molecule is CC1CCC(N(C)c2cc(N)nc(N)n2)CC1. The van der Waals surface area contributed by atoms with Crippen molar-refractivity contribution in [1.82, 2.24) is 9.97 Å². The number of nitrogens with two attached hydrogens (primary N) is 2. The molecular weight excluding hydrogens is 214 g/mol. The van der Waals surface area contributed by atoms with E-state index in [0.29, 0.717) is 11.9 Å². The summed E-state index contributed by atoms with van der Waals surface area (Å²) in [6, 6.07) is 2.33. The normalized spacial score (nSPS) is 24.6. The number of anilines is 3. The highest BCUT2D eigenvalue weighted by Gasteiger charge is 2.22. The van der Waals surface area contributed by atoms with Crippen molar-refractivity contribution in [2.75, 3.05) is 23.4 Å². The van der Waals surface area contributed by atoms with E-state index in [0.717, 1.165) is 11.7 Å². The zero-order valence-electron chi connectivity index (χ0n) is 10.6. The molecule has 1 saturated carbocycles. The fraction of sp³-hybridized carbons (Fsp3) is 0.667. The molecule has 1 aromatic heterocycles. The molecule has 1 fully saturated rings. The van der Waals surface area contributed by atoms with Gasteiger partial charge >= 0.3 is 0 Å². The van der Waals surface area contributed by atoms with Crippen LogP contribution in [-0.4, -0.2) is 23.1 Å². The van der Waals surface area contributed by atoms with E-state index >= 15 is 0 Å². The van der Waals surface area contributed by atoms with E-state index in [1.54, 1.807) is 6.07 Å². The first-order chi connectivity index (χ1) is 8.06. The predicted molar refractivity (Wildman–Crippen MR) is 70.7 cm³/mol. The minimum atomic E-state index is 0.246. The number of nitrogen functional groups attached to an aromatic ring is 2. The Kier molecular flexibility index (Phi) is 3.36. The molecule has 0 spiro atoms. The van der Waals surface area contributed by atoms with E-state index < -0.39 is 0 Å². The van der Waals surface area contributed by atoms with Crippen molar-refractivity contribution in [3.8, 4) is 0 Å². The summed E-state index contributed by atoms with van der Waals surface area (Å²) in [5.74, 6) is 2.36. The van der Waals surface area contributed by atoms with Crippen LogP contribution in [0.5, 0.6) is 0 Å². The Labute approximate surface area is 102 Å². The van der Waals surface area contributed by atoms with Crippen LogP contribution in [0.2, 0.25) is 0 Å². The molecule has 0 amide bonds. The molecule has 0 aromatic carbocycles. The van der Waals surface area contributed by atoms with Crippen molar-refractivity contribution >= 4 is 17.6 Å². The Morgan fingerprint density at radius 2 is 1.82 bits per heavy atom. The van der Waals surface area contributed by atoms with Crippen LogP contribution in [0.25, 0.3) is 0 Å². The lowest BCUT2D eigenvalue weighted by Crippen LogP contribution is -2.35. The summed E-state index contributed by atoms with van der Waals surface area (Å²) in [7, 11) is 2.06. The van der Waals surface area contributed by atoms with E-state index in [1.165, 1.54) is 25.7 Å². The lowest BCUT2D eigenvalue weighted by atomic mass is 9.87. The molecule has 1 aliphatic carbocycles. The van der Waals surface area contributed by atoms with Crippen LogP contribution in [-0.2, 0) is 0 Å². The molecular formula is C12H21N5. The molecule has 0 aliphatic heterocycles. The Bertz CT molecular complexity index is 364. The highest BCUT2D eigenvalue weighted by Crippen LogP contribution is 2.29. The summed E-state index contributed by atoms with van der Waals surface area (Å²) >= 11 is 0. The fourth-order valence-corrected chi connectivity index (χ4v) is 2.47. The van der Waals surface area contributed by atoms with E-state index in [2.05, 4.69) is 28.8 Å². The third kappa shape index (κ3) is 2.78. The van der Waals surface area contributed by atoms with E-state index in [4.69, 9.17) is 11.5 Å². The molecule has 2 rings (SSSR count). The van der Waals surface area contributed by atoms with Crippen molar-refractivity contribution in [1.29, 1.82) is 0 Å². The minimum absolute atomic E-state index is 0.246. The van der Waals surface area contributed by atoms with Gasteiger partial charge in [0.25, 0.3) is 0 Å². The molecule has 0 bridgehead atoms. The van der Waals surface area contributed by atoms with Gasteiger partial charge in [-0.2, -0.15) is 9.97 Å². The minimum Gasteiger partial charge on any atom is -0.383 e. The van der Waals surface area contributed by atoms with Crippen LogP contribution in [0.1, 0.15) is 32.6 Å². The van der Waals surface area contributed by atoms with Gasteiger partial charge in [0.15, 0.2) is 0 Å². The molecule has 94 valence electrons. The summed E-state index contributed by atoms with van der Waals surface area (Å²) < 4.78 is 0. The second kappa shape index (κ2) is 4.77. The topological polar surface area (TPSA) is 81.1 Å².